The van der Waals surface area contributed by atoms with Crippen molar-refractivity contribution in [2.24, 2.45) is 11.1 Å². The van der Waals surface area contributed by atoms with E-state index >= 15 is 0 Å². The third kappa shape index (κ3) is 7.80. The summed E-state index contributed by atoms with van der Waals surface area (Å²) in [6.45, 7) is 8.14. The number of anilines is 2. The summed E-state index contributed by atoms with van der Waals surface area (Å²) in [6.07, 6.45) is 4.53. The lowest BCUT2D eigenvalue weighted by Crippen LogP contribution is -2.47. The summed E-state index contributed by atoms with van der Waals surface area (Å²) in [6, 6.07) is 9.37. The third-order valence-electron chi connectivity index (χ3n) is 6.25. The Kier molecular flexibility index (Phi) is 12.3. The van der Waals surface area contributed by atoms with E-state index in [0.29, 0.717) is 49.8 Å². The van der Waals surface area contributed by atoms with E-state index in [4.69, 9.17) is 10.5 Å². The van der Waals surface area contributed by atoms with E-state index in [2.05, 4.69) is 9.88 Å². The number of pyridine rings is 1. The van der Waals surface area contributed by atoms with Gasteiger partial charge in [0.15, 0.2) is 0 Å². The standard InChI is InChI=1S/C26H35N5O4.2ClH/c1-5-31-21-8-7-20(17-22(21)29(4)24(33)26(2,3)25(31)34)35-16-6-14-30(15-11-23(27)32)18-19-9-12-28-13-10-19;;/h7-10,12-13,17H,5-6,11,14-16,18H2,1-4H3,(H2,27,32);2*1H. The van der Waals surface area contributed by atoms with Gasteiger partial charge in [-0.15, -0.1) is 24.8 Å². The third-order valence-corrected chi connectivity index (χ3v) is 6.25. The highest BCUT2D eigenvalue weighted by molar-refractivity contribution is 6.20. The molecule has 0 bridgehead atoms. The highest BCUT2D eigenvalue weighted by atomic mass is 35.5. The molecule has 0 saturated carbocycles. The van der Waals surface area contributed by atoms with E-state index in [9.17, 15) is 14.4 Å². The molecule has 0 radical (unpaired) electrons. The second kappa shape index (κ2) is 14.2. The van der Waals surface area contributed by atoms with Gasteiger partial charge in [-0.05, 0) is 57.0 Å². The fourth-order valence-electron chi connectivity index (χ4n) is 4.23. The van der Waals surface area contributed by atoms with Crippen molar-refractivity contribution >= 4 is 53.9 Å². The molecule has 11 heteroatoms. The Balaban J connectivity index is 0.00000342. The van der Waals surface area contributed by atoms with Crippen molar-refractivity contribution in [1.29, 1.82) is 0 Å². The summed E-state index contributed by atoms with van der Waals surface area (Å²) in [5, 5.41) is 0. The topological polar surface area (TPSA) is 109 Å². The number of hydrogen-bond donors (Lipinski definition) is 1. The maximum absolute atomic E-state index is 13.0. The lowest BCUT2D eigenvalue weighted by atomic mass is 9.90. The molecule has 2 aromatic rings. The van der Waals surface area contributed by atoms with Crippen LogP contribution < -0.4 is 20.3 Å². The van der Waals surface area contributed by atoms with Gasteiger partial charge in [-0.3, -0.25) is 24.3 Å². The van der Waals surface area contributed by atoms with Crippen molar-refractivity contribution < 1.29 is 19.1 Å². The van der Waals surface area contributed by atoms with Crippen molar-refractivity contribution in [2.75, 3.05) is 43.1 Å². The molecule has 2 N–H and O–H groups in total. The van der Waals surface area contributed by atoms with Gasteiger partial charge in [-0.25, -0.2) is 0 Å². The molecule has 204 valence electrons. The van der Waals surface area contributed by atoms with E-state index in [1.165, 1.54) is 4.90 Å². The van der Waals surface area contributed by atoms with E-state index in [1.807, 2.05) is 37.3 Å². The largest absolute Gasteiger partial charge is 0.493 e. The number of carbonyl (C=O) groups excluding carboxylic acids is 3. The van der Waals surface area contributed by atoms with Crippen molar-refractivity contribution in [2.45, 2.75) is 40.2 Å². The Morgan fingerprint density at radius 3 is 2.35 bits per heavy atom. The molecule has 1 aromatic carbocycles. The summed E-state index contributed by atoms with van der Waals surface area (Å²) in [4.78, 5) is 46.7. The minimum Gasteiger partial charge on any atom is -0.493 e. The van der Waals surface area contributed by atoms with Gasteiger partial charge in [-0.1, -0.05) is 0 Å². The molecule has 0 saturated heterocycles. The molecule has 3 rings (SSSR count). The number of halogens is 2. The average molecular weight is 555 g/mol. The van der Waals surface area contributed by atoms with Gasteiger partial charge in [0, 0.05) is 58.1 Å². The maximum Gasteiger partial charge on any atom is 0.242 e. The normalized spacial score (nSPS) is 14.4. The molecule has 3 amide bonds. The number of carbonyl (C=O) groups is 3. The molecule has 0 atom stereocenters. The van der Waals surface area contributed by atoms with Crippen molar-refractivity contribution in [3.8, 4) is 5.75 Å². The molecule has 9 nitrogen and oxygen atoms in total. The van der Waals surface area contributed by atoms with Gasteiger partial charge in [-0.2, -0.15) is 0 Å². The number of aromatic nitrogens is 1. The molecule has 1 aromatic heterocycles. The minimum atomic E-state index is -1.14. The zero-order chi connectivity index (χ0) is 25.6. The maximum atomic E-state index is 13.0. The van der Waals surface area contributed by atoms with E-state index in [1.54, 1.807) is 38.2 Å². The number of hydrogen-bond acceptors (Lipinski definition) is 6. The van der Waals surface area contributed by atoms with Gasteiger partial charge in [0.1, 0.15) is 11.2 Å². The summed E-state index contributed by atoms with van der Waals surface area (Å²) >= 11 is 0. The Morgan fingerprint density at radius 1 is 1.05 bits per heavy atom. The van der Waals surface area contributed by atoms with Crippen LogP contribution in [0.5, 0.6) is 5.75 Å². The molecule has 0 unspecified atom stereocenters. The van der Waals surface area contributed by atoms with Crippen LogP contribution >= 0.6 is 24.8 Å². The van der Waals surface area contributed by atoms with E-state index in [0.717, 1.165) is 18.5 Å². The first-order valence-corrected chi connectivity index (χ1v) is 11.9. The van der Waals surface area contributed by atoms with Gasteiger partial charge in [0.05, 0.1) is 18.0 Å². The SMILES string of the molecule is CCN1C(=O)C(C)(C)C(=O)N(C)c2cc(OCCCN(CCC(N)=O)Cc3ccncc3)ccc21.Cl.Cl. The molecular formula is C26H37Cl2N5O4. The van der Waals surface area contributed by atoms with Gasteiger partial charge in [0.2, 0.25) is 17.7 Å². The first kappa shape index (κ1) is 32.1. The Labute approximate surface area is 231 Å². The highest BCUT2D eigenvalue weighted by Gasteiger charge is 2.45. The number of primary amides is 1. The second-order valence-corrected chi connectivity index (χ2v) is 9.24. The van der Waals surface area contributed by atoms with Crippen LogP contribution in [0.4, 0.5) is 11.4 Å². The summed E-state index contributed by atoms with van der Waals surface area (Å²) in [5.41, 5.74) is 6.66. The summed E-state index contributed by atoms with van der Waals surface area (Å²) in [5.74, 6) is -0.163. The van der Waals surface area contributed by atoms with E-state index in [-0.39, 0.29) is 42.5 Å². The van der Waals surface area contributed by atoms with Crippen molar-refractivity contribution in [1.82, 2.24) is 9.88 Å². The molecule has 1 aliphatic rings. The first-order valence-electron chi connectivity index (χ1n) is 11.9. The number of benzene rings is 1. The van der Waals surface area contributed by atoms with Crippen LogP contribution in [0.2, 0.25) is 0 Å². The predicted molar refractivity (Wildman–Crippen MR) is 150 cm³/mol. The summed E-state index contributed by atoms with van der Waals surface area (Å²) in [7, 11) is 1.69. The molecule has 0 aliphatic carbocycles. The number of amides is 3. The van der Waals surface area contributed by atoms with E-state index < -0.39 is 5.41 Å². The number of nitrogens with zero attached hydrogens (tertiary/aromatic N) is 4. The fraction of sp³-hybridized carbons (Fsp3) is 0.462. The van der Waals surface area contributed by atoms with Gasteiger partial charge < -0.3 is 20.3 Å². The minimum absolute atomic E-state index is 0. The van der Waals surface area contributed by atoms with Gasteiger partial charge >= 0.3 is 0 Å². The van der Waals surface area contributed by atoms with Crippen LogP contribution in [0, 0.1) is 5.41 Å². The van der Waals surface area contributed by atoms with Crippen LogP contribution in [0.3, 0.4) is 0 Å². The zero-order valence-electron chi connectivity index (χ0n) is 21.8. The molecular weight excluding hydrogens is 517 g/mol. The number of nitrogens with two attached hydrogens (primary N) is 1. The number of ether oxygens (including phenoxy) is 1. The quantitative estimate of drug-likeness (QED) is 0.337. The Hall–Kier alpha value is -2.88. The number of fused-ring (bicyclic) bond motifs is 1. The lowest BCUT2D eigenvalue weighted by molar-refractivity contribution is -0.137. The Bertz CT molecular complexity index is 1070. The molecule has 2 heterocycles. The van der Waals surface area contributed by atoms with Crippen molar-refractivity contribution in [3.05, 3.63) is 48.3 Å². The average Bonchev–Trinajstić information content (AvgIpc) is 2.89. The van der Waals surface area contributed by atoms with Crippen molar-refractivity contribution in [3.63, 3.8) is 0 Å². The first-order chi connectivity index (χ1) is 16.6. The zero-order valence-corrected chi connectivity index (χ0v) is 23.4. The van der Waals surface area contributed by atoms with Gasteiger partial charge in [0.25, 0.3) is 0 Å². The number of rotatable bonds is 11. The van der Waals surface area contributed by atoms with Crippen LogP contribution in [0.15, 0.2) is 42.7 Å². The highest BCUT2D eigenvalue weighted by Crippen LogP contribution is 2.40. The lowest BCUT2D eigenvalue weighted by Gasteiger charge is -2.27. The molecule has 1 aliphatic heterocycles. The molecule has 37 heavy (non-hydrogen) atoms. The molecule has 0 fully saturated rings. The second-order valence-electron chi connectivity index (χ2n) is 9.24. The molecule has 0 spiro atoms. The predicted octanol–water partition coefficient (Wildman–Crippen LogP) is 3.43. The Morgan fingerprint density at radius 2 is 1.73 bits per heavy atom. The monoisotopic (exact) mass is 553 g/mol. The van der Waals surface area contributed by atoms with Crippen LogP contribution in [0.25, 0.3) is 0 Å². The summed E-state index contributed by atoms with van der Waals surface area (Å²) < 4.78 is 6.00. The fourth-order valence-corrected chi connectivity index (χ4v) is 4.23. The van der Waals surface area contributed by atoms with Crippen LogP contribution in [0.1, 0.15) is 39.2 Å². The van der Waals surface area contributed by atoms with Crippen LogP contribution in [-0.2, 0) is 20.9 Å². The smallest absolute Gasteiger partial charge is 0.242 e. The van der Waals surface area contributed by atoms with Crippen LogP contribution in [-0.4, -0.2) is 60.9 Å².